The molecule has 0 saturated heterocycles. The molecule has 0 N–H and O–H groups in total. The highest BCUT2D eigenvalue weighted by atomic mass is 28.3. The fraction of sp³-hybridized carbons (Fsp3) is 0.185. The monoisotopic (exact) mass is 412 g/mol. The van der Waals surface area contributed by atoms with Gasteiger partial charge in [0.15, 0.2) is 0 Å². The van der Waals surface area contributed by atoms with Crippen LogP contribution in [0.2, 0.25) is 26.2 Å². The number of aryl methyl sites for hydroxylation is 1. The molecule has 3 aromatic rings. The Hall–Kier alpha value is -2.43. The van der Waals surface area contributed by atoms with E-state index in [2.05, 4.69) is 131 Å². The number of hydrogen-bond acceptors (Lipinski definition) is 0. The average molecular weight is 413 g/mol. The lowest BCUT2D eigenvalue weighted by Crippen LogP contribution is -2.49. The Morgan fingerprint density at radius 2 is 1.10 bits per heavy atom. The molecular formula is C27H32Si2. The minimum Gasteiger partial charge on any atom is -0.0992 e. The molecule has 0 aromatic heterocycles. The molecular weight excluding hydrogens is 380 g/mol. The smallest absolute Gasteiger partial charge is 0.0992 e. The van der Waals surface area contributed by atoms with Gasteiger partial charge in [0.2, 0.25) is 0 Å². The Kier molecular flexibility index (Phi) is 6.25. The maximum Gasteiger partial charge on any atom is 0.112 e. The van der Waals surface area contributed by atoms with E-state index in [9.17, 15) is 0 Å². The summed E-state index contributed by atoms with van der Waals surface area (Å²) in [5.74, 6) is 0. The summed E-state index contributed by atoms with van der Waals surface area (Å²) in [4.78, 5) is 0. The van der Waals surface area contributed by atoms with Crippen LogP contribution in [0.5, 0.6) is 0 Å². The molecule has 0 saturated carbocycles. The van der Waals surface area contributed by atoms with E-state index in [4.69, 9.17) is 0 Å². The summed E-state index contributed by atoms with van der Waals surface area (Å²) in [6.07, 6.45) is 2.16. The molecule has 0 spiro atoms. The van der Waals surface area contributed by atoms with Crippen LogP contribution in [0.15, 0.2) is 103 Å². The SMILES string of the molecule is C=C/C(=C(/c1ccc(C)cc1)[Si](C)(C)c1ccccc1)[Si](C)(C)c1ccccc1. The van der Waals surface area contributed by atoms with Crippen LogP contribution in [0, 0.1) is 6.92 Å². The Morgan fingerprint density at radius 3 is 1.55 bits per heavy atom. The first kappa shape index (κ1) is 21.3. The van der Waals surface area contributed by atoms with Crippen LogP contribution in [-0.4, -0.2) is 16.1 Å². The third-order valence-corrected chi connectivity index (χ3v) is 13.5. The van der Waals surface area contributed by atoms with Gasteiger partial charge in [0.05, 0.1) is 0 Å². The van der Waals surface area contributed by atoms with Crippen LogP contribution in [0.25, 0.3) is 5.20 Å². The standard InChI is InChI=1S/C27H32Si2/c1-7-26(28(3,4)24-14-10-8-11-15-24)27(23-20-18-22(2)19-21-23)29(5,6)25-16-12-9-13-17-25/h7-21H,1H2,2-6H3/b27-26+. The van der Waals surface area contributed by atoms with Crippen molar-refractivity contribution in [3.8, 4) is 0 Å². The zero-order valence-electron chi connectivity index (χ0n) is 18.4. The van der Waals surface area contributed by atoms with Crippen LogP contribution in [0.4, 0.5) is 0 Å². The van der Waals surface area contributed by atoms with Crippen LogP contribution in [0.3, 0.4) is 0 Å². The van der Waals surface area contributed by atoms with E-state index in [0.717, 1.165) is 0 Å². The molecule has 0 aliphatic rings. The second kappa shape index (κ2) is 8.52. The van der Waals surface area contributed by atoms with Gasteiger partial charge in [0.25, 0.3) is 0 Å². The molecule has 0 aliphatic heterocycles. The van der Waals surface area contributed by atoms with Crippen molar-refractivity contribution in [2.45, 2.75) is 33.1 Å². The van der Waals surface area contributed by atoms with E-state index in [0.29, 0.717) is 0 Å². The predicted molar refractivity (Wildman–Crippen MR) is 135 cm³/mol. The van der Waals surface area contributed by atoms with Crippen LogP contribution < -0.4 is 10.4 Å². The highest BCUT2D eigenvalue weighted by molar-refractivity contribution is 7.08. The predicted octanol–water partition coefficient (Wildman–Crippen LogP) is 6.24. The van der Waals surface area contributed by atoms with Crippen LogP contribution in [-0.2, 0) is 0 Å². The molecule has 0 unspecified atom stereocenters. The molecule has 0 heterocycles. The summed E-state index contributed by atoms with van der Waals surface area (Å²) in [5.41, 5.74) is 2.65. The Morgan fingerprint density at radius 1 is 0.655 bits per heavy atom. The summed E-state index contributed by atoms with van der Waals surface area (Å²) in [7, 11) is -3.87. The molecule has 0 amide bonds. The third kappa shape index (κ3) is 4.29. The zero-order chi connectivity index (χ0) is 21.1. The summed E-state index contributed by atoms with van der Waals surface area (Å²) < 4.78 is 0. The number of rotatable bonds is 6. The first-order valence-electron chi connectivity index (χ1n) is 10.3. The van der Waals surface area contributed by atoms with Gasteiger partial charge in [0.1, 0.15) is 16.1 Å². The van der Waals surface area contributed by atoms with Crippen molar-refractivity contribution in [3.63, 3.8) is 0 Å². The summed E-state index contributed by atoms with van der Waals surface area (Å²) in [6.45, 7) is 16.4. The van der Waals surface area contributed by atoms with Gasteiger partial charge >= 0.3 is 0 Å². The van der Waals surface area contributed by atoms with Gasteiger partial charge in [-0.1, -0.05) is 145 Å². The van der Waals surface area contributed by atoms with Crippen molar-refractivity contribution in [3.05, 3.63) is 114 Å². The molecule has 0 fully saturated rings. The molecule has 3 rings (SSSR count). The maximum atomic E-state index is 4.32. The Labute approximate surface area is 178 Å². The van der Waals surface area contributed by atoms with Gasteiger partial charge in [-0.25, -0.2) is 0 Å². The summed E-state index contributed by atoms with van der Waals surface area (Å²) >= 11 is 0. The van der Waals surface area contributed by atoms with E-state index in [1.165, 1.54) is 31.9 Å². The van der Waals surface area contributed by atoms with Gasteiger partial charge in [0, 0.05) is 0 Å². The molecule has 0 bridgehead atoms. The Balaban J connectivity index is 2.34. The van der Waals surface area contributed by atoms with Crippen LogP contribution >= 0.6 is 0 Å². The lowest BCUT2D eigenvalue weighted by atomic mass is 10.1. The normalized spacial score (nSPS) is 13.0. The van der Waals surface area contributed by atoms with E-state index in [-0.39, 0.29) is 0 Å². The van der Waals surface area contributed by atoms with E-state index in [1.807, 2.05) is 0 Å². The van der Waals surface area contributed by atoms with Crippen molar-refractivity contribution in [1.82, 2.24) is 0 Å². The van der Waals surface area contributed by atoms with Gasteiger partial charge in [-0.15, -0.1) is 0 Å². The van der Waals surface area contributed by atoms with Crippen molar-refractivity contribution < 1.29 is 0 Å². The van der Waals surface area contributed by atoms with Crippen molar-refractivity contribution in [2.75, 3.05) is 0 Å². The molecule has 148 valence electrons. The molecule has 3 aromatic carbocycles. The molecule has 2 heteroatoms. The lowest BCUT2D eigenvalue weighted by Gasteiger charge is -2.35. The van der Waals surface area contributed by atoms with Gasteiger partial charge in [-0.05, 0) is 17.7 Å². The van der Waals surface area contributed by atoms with Crippen LogP contribution in [0.1, 0.15) is 11.1 Å². The molecule has 0 radical (unpaired) electrons. The molecule has 0 aliphatic carbocycles. The number of benzene rings is 3. The second-order valence-corrected chi connectivity index (χ2v) is 17.5. The summed E-state index contributed by atoms with van der Waals surface area (Å²) in [6, 6.07) is 31.2. The third-order valence-electron chi connectivity index (χ3n) is 6.10. The van der Waals surface area contributed by atoms with Gasteiger partial charge in [-0.2, -0.15) is 0 Å². The Bertz CT molecular complexity index is 995. The highest BCUT2D eigenvalue weighted by Gasteiger charge is 2.37. The second-order valence-electron chi connectivity index (χ2n) is 8.84. The fourth-order valence-electron chi connectivity index (χ4n) is 4.25. The molecule has 29 heavy (non-hydrogen) atoms. The fourth-order valence-corrected chi connectivity index (χ4v) is 11.7. The van der Waals surface area contributed by atoms with Crippen molar-refractivity contribution in [2.24, 2.45) is 0 Å². The molecule has 0 nitrogen and oxygen atoms in total. The number of allylic oxidation sites excluding steroid dienone is 2. The average Bonchev–Trinajstić information content (AvgIpc) is 2.74. The first-order chi connectivity index (χ1) is 13.8. The van der Waals surface area contributed by atoms with E-state index in [1.54, 1.807) is 0 Å². The first-order valence-corrected chi connectivity index (χ1v) is 16.3. The van der Waals surface area contributed by atoms with Gasteiger partial charge in [-0.3, -0.25) is 0 Å². The number of hydrogen-bond donors (Lipinski definition) is 0. The lowest BCUT2D eigenvalue weighted by molar-refractivity contribution is 1.45. The zero-order valence-corrected chi connectivity index (χ0v) is 20.4. The topological polar surface area (TPSA) is 0 Å². The molecule has 0 atom stereocenters. The minimum atomic E-state index is -1.95. The van der Waals surface area contributed by atoms with E-state index < -0.39 is 16.1 Å². The van der Waals surface area contributed by atoms with E-state index >= 15 is 0 Å². The quantitative estimate of drug-likeness (QED) is 0.332. The maximum absolute atomic E-state index is 4.32. The largest absolute Gasteiger partial charge is 0.112 e. The minimum absolute atomic E-state index is 1.30. The highest BCUT2D eigenvalue weighted by Crippen LogP contribution is 2.34. The van der Waals surface area contributed by atoms with Crippen molar-refractivity contribution >= 4 is 31.7 Å². The van der Waals surface area contributed by atoms with Gasteiger partial charge < -0.3 is 0 Å². The summed E-state index contributed by atoms with van der Waals surface area (Å²) in [5, 5.41) is 5.91. The van der Waals surface area contributed by atoms with Crippen molar-refractivity contribution in [1.29, 1.82) is 0 Å².